The van der Waals surface area contributed by atoms with Gasteiger partial charge in [0.15, 0.2) is 0 Å². The van der Waals surface area contributed by atoms with E-state index < -0.39 is 5.97 Å². The molecule has 108 valence electrons. The number of anilines is 1. The summed E-state index contributed by atoms with van der Waals surface area (Å²) in [7, 11) is 0. The Morgan fingerprint density at radius 2 is 2.33 bits per heavy atom. The Morgan fingerprint density at radius 1 is 1.48 bits per heavy atom. The molecule has 2 N–H and O–H groups in total. The Hall–Kier alpha value is -2.08. The smallest absolute Gasteiger partial charge is 0.335 e. The number of halogens is 1. The van der Waals surface area contributed by atoms with Gasteiger partial charge in [-0.3, -0.25) is 0 Å². The fourth-order valence-electron chi connectivity index (χ4n) is 2.31. The van der Waals surface area contributed by atoms with Crippen molar-refractivity contribution in [2.75, 3.05) is 11.9 Å². The summed E-state index contributed by atoms with van der Waals surface area (Å²) < 4.78 is 6.42. The number of benzene rings is 1. The number of carbonyl (C=O) groups is 1. The third-order valence-electron chi connectivity index (χ3n) is 3.32. The molecule has 0 fully saturated rings. The Balaban J connectivity index is 1.78. The van der Waals surface area contributed by atoms with Crippen molar-refractivity contribution < 1.29 is 14.6 Å². The lowest BCUT2D eigenvalue weighted by atomic mass is 10.1. The number of ether oxygens (including phenoxy) is 1. The molecule has 0 saturated carbocycles. The van der Waals surface area contributed by atoms with Gasteiger partial charge in [-0.25, -0.2) is 9.78 Å². The zero-order valence-corrected chi connectivity index (χ0v) is 12.7. The van der Waals surface area contributed by atoms with E-state index in [0.29, 0.717) is 13.2 Å². The van der Waals surface area contributed by atoms with E-state index >= 15 is 0 Å². The Labute approximate surface area is 130 Å². The lowest BCUT2D eigenvalue weighted by molar-refractivity contribution is 0.0697. The normalized spacial score (nSPS) is 12.6. The van der Waals surface area contributed by atoms with Gasteiger partial charge in [-0.15, -0.1) is 0 Å². The summed E-state index contributed by atoms with van der Waals surface area (Å²) in [6, 6.07) is 6.86. The Kier molecular flexibility index (Phi) is 3.79. The number of carboxylic acid groups (broad SMARTS) is 1. The van der Waals surface area contributed by atoms with Gasteiger partial charge in [-0.1, -0.05) is 12.1 Å². The third kappa shape index (κ3) is 2.85. The third-order valence-corrected chi connectivity index (χ3v) is 3.88. The largest absolute Gasteiger partial charge is 0.492 e. The van der Waals surface area contributed by atoms with Crippen LogP contribution in [0.15, 0.2) is 34.9 Å². The minimum absolute atomic E-state index is 0.284. The van der Waals surface area contributed by atoms with Crippen molar-refractivity contribution in [3.05, 3.63) is 51.6 Å². The lowest BCUT2D eigenvalue weighted by Crippen LogP contribution is -2.05. The predicted octanol–water partition coefficient (Wildman–Crippen LogP) is 3.09. The van der Waals surface area contributed by atoms with Crippen molar-refractivity contribution in [3.8, 4) is 5.75 Å². The monoisotopic (exact) mass is 348 g/mol. The predicted molar refractivity (Wildman–Crippen MR) is 81.9 cm³/mol. The number of hydrogen-bond acceptors (Lipinski definition) is 4. The van der Waals surface area contributed by atoms with E-state index in [9.17, 15) is 4.79 Å². The van der Waals surface area contributed by atoms with Crippen LogP contribution in [0.3, 0.4) is 0 Å². The maximum absolute atomic E-state index is 11.0. The van der Waals surface area contributed by atoms with Gasteiger partial charge < -0.3 is 15.2 Å². The van der Waals surface area contributed by atoms with Gasteiger partial charge in [0.25, 0.3) is 0 Å². The molecule has 0 atom stereocenters. The van der Waals surface area contributed by atoms with Crippen LogP contribution in [-0.4, -0.2) is 22.7 Å². The number of nitrogens with zero attached hydrogens (tertiary/aromatic N) is 1. The summed E-state index contributed by atoms with van der Waals surface area (Å²) in [5.41, 5.74) is 2.23. The first-order valence-corrected chi connectivity index (χ1v) is 7.31. The molecule has 0 bridgehead atoms. The number of fused-ring (bicyclic) bond motifs is 1. The first-order chi connectivity index (χ1) is 10.1. The molecule has 1 aliphatic rings. The Morgan fingerprint density at radius 3 is 3.14 bits per heavy atom. The van der Waals surface area contributed by atoms with Crippen molar-refractivity contribution in [2.24, 2.45) is 0 Å². The SMILES string of the molecule is O=C(O)c1cccc(CNc2ncc(Br)c3c2CCO3)c1. The van der Waals surface area contributed by atoms with E-state index in [1.807, 2.05) is 6.07 Å². The van der Waals surface area contributed by atoms with Crippen molar-refractivity contribution in [1.29, 1.82) is 0 Å². The average molecular weight is 349 g/mol. The summed E-state index contributed by atoms with van der Waals surface area (Å²) in [5.74, 6) is 0.700. The van der Waals surface area contributed by atoms with E-state index in [1.165, 1.54) is 0 Å². The summed E-state index contributed by atoms with van der Waals surface area (Å²) in [6.07, 6.45) is 2.53. The zero-order chi connectivity index (χ0) is 14.8. The quantitative estimate of drug-likeness (QED) is 0.888. The fraction of sp³-hybridized carbons (Fsp3) is 0.200. The van der Waals surface area contributed by atoms with Gasteiger partial charge in [-0.05, 0) is 33.6 Å². The van der Waals surface area contributed by atoms with Gasteiger partial charge in [0.05, 0.1) is 16.6 Å². The van der Waals surface area contributed by atoms with Crippen LogP contribution in [0.4, 0.5) is 5.82 Å². The second kappa shape index (κ2) is 5.73. The van der Waals surface area contributed by atoms with Crippen LogP contribution >= 0.6 is 15.9 Å². The summed E-state index contributed by atoms with van der Waals surface area (Å²) in [4.78, 5) is 15.3. The molecule has 1 aliphatic heterocycles. The molecule has 21 heavy (non-hydrogen) atoms. The molecule has 5 nitrogen and oxygen atoms in total. The van der Waals surface area contributed by atoms with Gasteiger partial charge in [0.2, 0.25) is 0 Å². The van der Waals surface area contributed by atoms with Crippen LogP contribution in [-0.2, 0) is 13.0 Å². The van der Waals surface area contributed by atoms with Crippen molar-refractivity contribution in [3.63, 3.8) is 0 Å². The lowest BCUT2D eigenvalue weighted by Gasteiger charge is -2.10. The van der Waals surface area contributed by atoms with Crippen LogP contribution in [0.5, 0.6) is 5.75 Å². The van der Waals surface area contributed by atoms with Crippen molar-refractivity contribution >= 4 is 27.7 Å². The molecule has 0 spiro atoms. The summed E-state index contributed by atoms with van der Waals surface area (Å²) in [5, 5.41) is 12.2. The van der Waals surface area contributed by atoms with Crippen LogP contribution in [0, 0.1) is 0 Å². The molecular weight excluding hydrogens is 336 g/mol. The molecule has 1 aromatic heterocycles. The topological polar surface area (TPSA) is 71.5 Å². The zero-order valence-electron chi connectivity index (χ0n) is 11.1. The van der Waals surface area contributed by atoms with Crippen LogP contribution in [0.25, 0.3) is 0 Å². The number of rotatable bonds is 4. The van der Waals surface area contributed by atoms with Gasteiger partial charge in [0, 0.05) is 24.7 Å². The van der Waals surface area contributed by atoms with Crippen LogP contribution < -0.4 is 10.1 Å². The standard InChI is InChI=1S/C15H13BrN2O3/c16-12-8-18-14(11-4-5-21-13(11)12)17-7-9-2-1-3-10(6-9)15(19)20/h1-3,6,8H,4-5,7H2,(H,17,18)(H,19,20). The first-order valence-electron chi connectivity index (χ1n) is 6.51. The maximum atomic E-state index is 11.0. The fourth-order valence-corrected chi connectivity index (χ4v) is 2.76. The van der Waals surface area contributed by atoms with Gasteiger partial charge in [-0.2, -0.15) is 0 Å². The second-order valence-electron chi connectivity index (χ2n) is 4.72. The molecule has 0 amide bonds. The number of aromatic carboxylic acids is 1. The van der Waals surface area contributed by atoms with Crippen molar-refractivity contribution in [2.45, 2.75) is 13.0 Å². The highest BCUT2D eigenvalue weighted by molar-refractivity contribution is 9.10. The molecule has 2 aromatic rings. The van der Waals surface area contributed by atoms with Crippen LogP contribution in [0.2, 0.25) is 0 Å². The van der Waals surface area contributed by atoms with E-state index in [0.717, 1.165) is 33.6 Å². The van der Waals surface area contributed by atoms with E-state index in [4.69, 9.17) is 9.84 Å². The minimum atomic E-state index is -0.923. The maximum Gasteiger partial charge on any atom is 0.335 e. The van der Waals surface area contributed by atoms with E-state index in [-0.39, 0.29) is 5.56 Å². The Bertz CT molecular complexity index is 703. The molecule has 6 heteroatoms. The first kappa shape index (κ1) is 13.9. The number of pyridine rings is 1. The van der Waals surface area contributed by atoms with Gasteiger partial charge in [0.1, 0.15) is 11.6 Å². The molecule has 1 aromatic carbocycles. The molecule has 3 rings (SSSR count). The number of carboxylic acids is 1. The van der Waals surface area contributed by atoms with E-state index in [1.54, 1.807) is 24.4 Å². The molecule has 0 unspecified atom stereocenters. The van der Waals surface area contributed by atoms with Crippen LogP contribution in [0.1, 0.15) is 21.5 Å². The minimum Gasteiger partial charge on any atom is -0.492 e. The average Bonchev–Trinajstić information content (AvgIpc) is 2.97. The second-order valence-corrected chi connectivity index (χ2v) is 5.57. The summed E-state index contributed by atoms with van der Waals surface area (Å²) in [6.45, 7) is 1.17. The highest BCUT2D eigenvalue weighted by Crippen LogP contribution is 2.36. The molecule has 0 saturated heterocycles. The van der Waals surface area contributed by atoms with Gasteiger partial charge >= 0.3 is 5.97 Å². The molecule has 2 heterocycles. The van der Waals surface area contributed by atoms with Crippen molar-refractivity contribution in [1.82, 2.24) is 4.98 Å². The van der Waals surface area contributed by atoms with E-state index in [2.05, 4.69) is 26.2 Å². The highest BCUT2D eigenvalue weighted by Gasteiger charge is 2.20. The molecule has 0 radical (unpaired) electrons. The highest BCUT2D eigenvalue weighted by atomic mass is 79.9. The molecular formula is C15H13BrN2O3. The number of nitrogens with one attached hydrogen (secondary N) is 1. The molecule has 0 aliphatic carbocycles. The number of hydrogen-bond donors (Lipinski definition) is 2. The summed E-state index contributed by atoms with van der Waals surface area (Å²) >= 11 is 3.42. The number of aromatic nitrogens is 1.